The van der Waals surface area contributed by atoms with Crippen LogP contribution in [-0.4, -0.2) is 49.7 Å². The molecule has 1 unspecified atom stereocenters. The summed E-state index contributed by atoms with van der Waals surface area (Å²) in [5, 5.41) is 2.96. The summed E-state index contributed by atoms with van der Waals surface area (Å²) >= 11 is 0. The first-order chi connectivity index (χ1) is 10.5. The number of nitrogens with one attached hydrogen (secondary N) is 1. The maximum absolute atomic E-state index is 12.1. The van der Waals surface area contributed by atoms with E-state index in [0.717, 1.165) is 24.6 Å². The summed E-state index contributed by atoms with van der Waals surface area (Å²) in [6, 6.07) is 3.46. The second-order valence-corrected chi connectivity index (χ2v) is 6.13. The first kappa shape index (κ1) is 17.0. The highest BCUT2D eigenvalue weighted by molar-refractivity contribution is 5.81. The predicted molar refractivity (Wildman–Crippen MR) is 84.4 cm³/mol. The lowest BCUT2D eigenvalue weighted by Gasteiger charge is -2.33. The van der Waals surface area contributed by atoms with Gasteiger partial charge in [0.1, 0.15) is 11.5 Å². The van der Waals surface area contributed by atoms with Crippen LogP contribution >= 0.6 is 0 Å². The predicted octanol–water partition coefficient (Wildman–Crippen LogP) is 1.06. The minimum Gasteiger partial charge on any atom is -0.465 e. The molecule has 2 atom stereocenters. The molecule has 2 rings (SSSR count). The second kappa shape index (κ2) is 7.76. The lowest BCUT2D eigenvalue weighted by Crippen LogP contribution is -2.48. The Morgan fingerprint density at radius 1 is 1.36 bits per heavy atom. The van der Waals surface area contributed by atoms with Crippen molar-refractivity contribution in [2.24, 2.45) is 11.7 Å². The Morgan fingerprint density at radius 3 is 2.59 bits per heavy atom. The Morgan fingerprint density at radius 2 is 2.05 bits per heavy atom. The molecule has 1 aromatic rings. The van der Waals surface area contributed by atoms with Crippen LogP contribution in [0, 0.1) is 12.8 Å². The molecule has 1 aliphatic rings. The third kappa shape index (κ3) is 4.32. The first-order valence-corrected chi connectivity index (χ1v) is 7.90. The van der Waals surface area contributed by atoms with Crippen LogP contribution in [0.25, 0.3) is 0 Å². The fourth-order valence-electron chi connectivity index (χ4n) is 2.55. The van der Waals surface area contributed by atoms with Crippen LogP contribution in [-0.2, 0) is 9.53 Å². The Hall–Kier alpha value is -1.37. The molecule has 1 fully saturated rings. The zero-order valence-electron chi connectivity index (χ0n) is 13.7. The number of nitrogens with zero attached hydrogens (tertiary/aromatic N) is 1. The van der Waals surface area contributed by atoms with Crippen LogP contribution in [0.1, 0.15) is 31.4 Å². The van der Waals surface area contributed by atoms with E-state index in [4.69, 9.17) is 14.9 Å². The van der Waals surface area contributed by atoms with E-state index in [2.05, 4.69) is 10.2 Å². The van der Waals surface area contributed by atoms with Gasteiger partial charge in [-0.05, 0) is 25.0 Å². The summed E-state index contributed by atoms with van der Waals surface area (Å²) in [7, 11) is 0. The fraction of sp³-hybridized carbons (Fsp3) is 0.688. The number of carbonyl (C=O) groups is 1. The third-order valence-corrected chi connectivity index (χ3v) is 4.07. The maximum atomic E-state index is 12.1. The van der Waals surface area contributed by atoms with Gasteiger partial charge in [-0.1, -0.05) is 13.8 Å². The topological polar surface area (TPSA) is 80.7 Å². The molecule has 3 N–H and O–H groups in total. The molecule has 2 heterocycles. The van der Waals surface area contributed by atoms with E-state index in [9.17, 15) is 4.79 Å². The average Bonchev–Trinajstić information content (AvgIpc) is 2.93. The molecule has 22 heavy (non-hydrogen) atoms. The molecule has 0 saturated carbocycles. The van der Waals surface area contributed by atoms with Crippen LogP contribution in [0.3, 0.4) is 0 Å². The monoisotopic (exact) mass is 309 g/mol. The van der Waals surface area contributed by atoms with Gasteiger partial charge in [-0.3, -0.25) is 9.69 Å². The standard InChI is InChI=1S/C16H27N3O3/c1-11(2)15(17)16(20)18-10-13(14-5-4-12(3)22-14)19-6-8-21-9-7-19/h4-5,11,13,15H,6-10,17H2,1-3H3,(H,18,20)/t13?,15-/m0/s1. The van der Waals surface area contributed by atoms with Crippen LogP contribution in [0.5, 0.6) is 0 Å². The number of nitrogens with two attached hydrogens (primary N) is 1. The molecule has 0 radical (unpaired) electrons. The molecule has 0 aromatic carbocycles. The van der Waals surface area contributed by atoms with Gasteiger partial charge in [0.15, 0.2) is 0 Å². The van der Waals surface area contributed by atoms with Crippen molar-refractivity contribution in [3.63, 3.8) is 0 Å². The van der Waals surface area contributed by atoms with E-state index in [0.29, 0.717) is 19.8 Å². The number of ether oxygens (including phenoxy) is 1. The molecular formula is C16H27N3O3. The number of hydrogen-bond acceptors (Lipinski definition) is 5. The smallest absolute Gasteiger partial charge is 0.237 e. The quantitative estimate of drug-likeness (QED) is 0.821. The molecule has 0 bridgehead atoms. The number of rotatable bonds is 6. The second-order valence-electron chi connectivity index (χ2n) is 6.13. The van der Waals surface area contributed by atoms with Gasteiger partial charge < -0.3 is 20.2 Å². The van der Waals surface area contributed by atoms with E-state index in [1.807, 2.05) is 32.9 Å². The fourth-order valence-corrected chi connectivity index (χ4v) is 2.55. The molecule has 0 spiro atoms. The van der Waals surface area contributed by atoms with Crippen LogP contribution in [0.2, 0.25) is 0 Å². The normalized spacial score (nSPS) is 19.1. The first-order valence-electron chi connectivity index (χ1n) is 7.90. The Labute approximate surface area is 132 Å². The minimum absolute atomic E-state index is 0.0147. The number of furan rings is 1. The van der Waals surface area contributed by atoms with Gasteiger partial charge in [0.25, 0.3) is 0 Å². The lowest BCUT2D eigenvalue weighted by molar-refractivity contribution is -0.123. The van der Waals surface area contributed by atoms with Gasteiger partial charge in [0.05, 0.1) is 25.3 Å². The molecule has 1 saturated heterocycles. The van der Waals surface area contributed by atoms with Gasteiger partial charge in [-0.15, -0.1) is 0 Å². The van der Waals surface area contributed by atoms with Crippen molar-refractivity contribution in [3.8, 4) is 0 Å². The van der Waals surface area contributed by atoms with Crippen molar-refractivity contribution >= 4 is 5.91 Å². The molecule has 0 aliphatic carbocycles. The van der Waals surface area contributed by atoms with Crippen molar-refractivity contribution < 1.29 is 13.9 Å². The van der Waals surface area contributed by atoms with E-state index >= 15 is 0 Å². The van der Waals surface area contributed by atoms with Gasteiger partial charge in [-0.25, -0.2) is 0 Å². The number of aryl methyl sites for hydroxylation is 1. The maximum Gasteiger partial charge on any atom is 0.237 e. The molecule has 124 valence electrons. The Balaban J connectivity index is 2.03. The van der Waals surface area contributed by atoms with Gasteiger partial charge in [0.2, 0.25) is 5.91 Å². The van der Waals surface area contributed by atoms with E-state index in [1.165, 1.54) is 0 Å². The highest BCUT2D eigenvalue weighted by Gasteiger charge is 2.26. The summed E-state index contributed by atoms with van der Waals surface area (Å²) in [5.74, 6) is 1.75. The number of morpholine rings is 1. The van der Waals surface area contributed by atoms with Crippen LogP contribution in [0.15, 0.2) is 16.5 Å². The van der Waals surface area contributed by atoms with E-state index < -0.39 is 6.04 Å². The Bertz CT molecular complexity index is 481. The van der Waals surface area contributed by atoms with Crippen LogP contribution < -0.4 is 11.1 Å². The van der Waals surface area contributed by atoms with Crippen molar-refractivity contribution in [1.29, 1.82) is 0 Å². The summed E-state index contributed by atoms with van der Waals surface area (Å²) in [6.45, 7) is 9.37. The number of amides is 1. The molecule has 6 heteroatoms. The Kier molecular flexibility index (Phi) is 5.99. The number of carbonyl (C=O) groups excluding carboxylic acids is 1. The minimum atomic E-state index is -0.483. The van der Waals surface area contributed by atoms with Crippen LogP contribution in [0.4, 0.5) is 0 Å². The summed E-state index contributed by atoms with van der Waals surface area (Å²) < 4.78 is 11.2. The summed E-state index contributed by atoms with van der Waals surface area (Å²) in [5.41, 5.74) is 5.90. The highest BCUT2D eigenvalue weighted by Crippen LogP contribution is 2.23. The zero-order valence-corrected chi connectivity index (χ0v) is 13.7. The van der Waals surface area contributed by atoms with Gasteiger partial charge >= 0.3 is 0 Å². The summed E-state index contributed by atoms with van der Waals surface area (Å²) in [6.07, 6.45) is 0. The number of hydrogen-bond donors (Lipinski definition) is 2. The van der Waals surface area contributed by atoms with Crippen molar-refractivity contribution in [3.05, 3.63) is 23.7 Å². The molecule has 1 amide bonds. The SMILES string of the molecule is Cc1ccc(C(CNC(=O)[C@@H](N)C(C)C)N2CCOCC2)o1. The average molecular weight is 309 g/mol. The zero-order chi connectivity index (χ0) is 16.1. The van der Waals surface area contributed by atoms with Gasteiger partial charge in [-0.2, -0.15) is 0 Å². The summed E-state index contributed by atoms with van der Waals surface area (Å²) in [4.78, 5) is 14.4. The third-order valence-electron chi connectivity index (χ3n) is 4.07. The van der Waals surface area contributed by atoms with Gasteiger partial charge in [0, 0.05) is 19.6 Å². The molecule has 1 aliphatic heterocycles. The van der Waals surface area contributed by atoms with E-state index in [-0.39, 0.29) is 17.9 Å². The largest absolute Gasteiger partial charge is 0.465 e. The van der Waals surface area contributed by atoms with Crippen molar-refractivity contribution in [1.82, 2.24) is 10.2 Å². The van der Waals surface area contributed by atoms with Crippen molar-refractivity contribution in [2.75, 3.05) is 32.8 Å². The van der Waals surface area contributed by atoms with E-state index in [1.54, 1.807) is 0 Å². The van der Waals surface area contributed by atoms with Crippen molar-refractivity contribution in [2.45, 2.75) is 32.9 Å². The lowest BCUT2D eigenvalue weighted by atomic mass is 10.0. The highest BCUT2D eigenvalue weighted by atomic mass is 16.5. The molecular weight excluding hydrogens is 282 g/mol. The molecule has 1 aromatic heterocycles. The molecule has 6 nitrogen and oxygen atoms in total.